The van der Waals surface area contributed by atoms with E-state index in [1.165, 1.54) is 5.56 Å². The minimum Gasteiger partial charge on any atom is -0.394 e. The van der Waals surface area contributed by atoms with Crippen molar-refractivity contribution < 1.29 is 0 Å². The predicted molar refractivity (Wildman–Crippen MR) is 111 cm³/mol. The molecule has 0 fully saturated rings. The SMILES string of the molecule is C=C1/C=C\C=C/CC(NC)c2cccc(-c3nc(/C=C\NC)c(C)[nH]3)c21. The Kier molecular flexibility index (Phi) is 5.54. The normalized spacial score (nSPS) is 19.5. The van der Waals surface area contributed by atoms with E-state index in [2.05, 4.69) is 64.7 Å². The van der Waals surface area contributed by atoms with Crippen molar-refractivity contribution in [2.24, 2.45) is 0 Å². The number of fused-ring (bicyclic) bond motifs is 1. The highest BCUT2D eigenvalue weighted by molar-refractivity contribution is 5.85. The maximum atomic E-state index is 4.80. The van der Waals surface area contributed by atoms with Crippen LogP contribution in [0.4, 0.5) is 0 Å². The van der Waals surface area contributed by atoms with Crippen LogP contribution in [0.25, 0.3) is 23.0 Å². The van der Waals surface area contributed by atoms with Crippen molar-refractivity contribution in [1.29, 1.82) is 0 Å². The molecule has 0 spiro atoms. The third-order valence-corrected chi connectivity index (χ3v) is 4.64. The summed E-state index contributed by atoms with van der Waals surface area (Å²) in [7, 11) is 3.88. The molecule has 0 radical (unpaired) electrons. The van der Waals surface area contributed by atoms with Gasteiger partial charge in [0.05, 0.1) is 5.69 Å². The first kappa shape index (κ1) is 18.0. The molecule has 1 unspecified atom stereocenters. The lowest BCUT2D eigenvalue weighted by Gasteiger charge is -2.21. The molecular weight excluding hydrogens is 320 g/mol. The Morgan fingerprint density at radius 1 is 1.27 bits per heavy atom. The van der Waals surface area contributed by atoms with E-state index in [9.17, 15) is 0 Å². The molecule has 3 N–H and O–H groups in total. The molecular formula is C22H26N4. The standard InChI is InChI=1S/C22H26N4/c1-15-9-6-5-7-12-20(24-4)17-10-8-11-18(21(15)17)22-25-16(2)19(26-22)13-14-23-3/h5-11,13-14,20,23-24H,1,12H2,2-4H3,(H,25,26)/b7-5-,9-6-,14-13-. The van der Waals surface area contributed by atoms with Crippen LogP contribution in [0.3, 0.4) is 0 Å². The first-order chi connectivity index (χ1) is 12.7. The smallest absolute Gasteiger partial charge is 0.138 e. The number of aryl methyl sites for hydroxylation is 1. The van der Waals surface area contributed by atoms with Gasteiger partial charge in [0.25, 0.3) is 0 Å². The van der Waals surface area contributed by atoms with Crippen LogP contribution >= 0.6 is 0 Å². The van der Waals surface area contributed by atoms with Crippen molar-refractivity contribution in [3.05, 3.63) is 77.8 Å². The Balaban J connectivity index is 2.17. The largest absolute Gasteiger partial charge is 0.394 e. The number of nitrogens with zero attached hydrogens (tertiary/aromatic N) is 1. The molecule has 1 aliphatic rings. The number of hydrogen-bond acceptors (Lipinski definition) is 3. The Hall–Kier alpha value is -2.85. The topological polar surface area (TPSA) is 52.7 Å². The van der Waals surface area contributed by atoms with Crippen molar-refractivity contribution in [2.45, 2.75) is 19.4 Å². The van der Waals surface area contributed by atoms with E-state index in [1.807, 2.05) is 33.3 Å². The maximum Gasteiger partial charge on any atom is 0.138 e. The highest BCUT2D eigenvalue weighted by Gasteiger charge is 2.20. The summed E-state index contributed by atoms with van der Waals surface area (Å²) in [4.78, 5) is 8.24. The average molecular weight is 346 g/mol. The fourth-order valence-corrected chi connectivity index (χ4v) is 3.29. The van der Waals surface area contributed by atoms with Gasteiger partial charge in [0.2, 0.25) is 0 Å². The summed E-state index contributed by atoms with van der Waals surface area (Å²) < 4.78 is 0. The fourth-order valence-electron chi connectivity index (χ4n) is 3.29. The average Bonchev–Trinajstić information content (AvgIpc) is 3.05. The summed E-state index contributed by atoms with van der Waals surface area (Å²) in [5.41, 5.74) is 6.43. The van der Waals surface area contributed by atoms with Crippen molar-refractivity contribution >= 4 is 11.6 Å². The Labute approximate surface area is 155 Å². The van der Waals surface area contributed by atoms with E-state index < -0.39 is 0 Å². The van der Waals surface area contributed by atoms with Crippen LogP contribution < -0.4 is 10.6 Å². The quantitative estimate of drug-likeness (QED) is 0.771. The maximum absolute atomic E-state index is 4.80. The second-order valence-electron chi connectivity index (χ2n) is 6.38. The van der Waals surface area contributed by atoms with Crippen LogP contribution in [0.5, 0.6) is 0 Å². The monoisotopic (exact) mass is 346 g/mol. The zero-order valence-corrected chi connectivity index (χ0v) is 15.6. The van der Waals surface area contributed by atoms with E-state index in [-0.39, 0.29) is 6.04 Å². The van der Waals surface area contributed by atoms with Gasteiger partial charge < -0.3 is 15.6 Å². The molecule has 0 saturated carbocycles. The Bertz CT molecular complexity index is 884. The highest BCUT2D eigenvalue weighted by atomic mass is 14.9. The summed E-state index contributed by atoms with van der Waals surface area (Å²) in [6.07, 6.45) is 13.2. The summed E-state index contributed by atoms with van der Waals surface area (Å²) in [6.45, 7) is 6.36. The second kappa shape index (κ2) is 8.02. The van der Waals surface area contributed by atoms with E-state index >= 15 is 0 Å². The minimum atomic E-state index is 0.234. The highest BCUT2D eigenvalue weighted by Crippen LogP contribution is 2.35. The number of nitrogens with one attached hydrogen (secondary N) is 3. The number of imidazole rings is 1. The zero-order valence-electron chi connectivity index (χ0n) is 15.6. The Morgan fingerprint density at radius 2 is 2.12 bits per heavy atom. The van der Waals surface area contributed by atoms with Crippen molar-refractivity contribution in [3.8, 4) is 11.4 Å². The number of benzene rings is 1. The molecule has 1 heterocycles. The molecule has 3 rings (SSSR count). The summed E-state index contributed by atoms with van der Waals surface area (Å²) >= 11 is 0. The summed E-state index contributed by atoms with van der Waals surface area (Å²) in [5, 5.41) is 6.44. The van der Waals surface area contributed by atoms with Gasteiger partial charge in [0, 0.05) is 24.3 Å². The number of H-pyrrole nitrogens is 1. The first-order valence-corrected chi connectivity index (χ1v) is 8.89. The van der Waals surface area contributed by atoms with Crippen LogP contribution in [0.2, 0.25) is 0 Å². The number of aromatic nitrogens is 2. The molecule has 4 heteroatoms. The lowest BCUT2D eigenvalue weighted by Crippen LogP contribution is -2.17. The van der Waals surface area contributed by atoms with Gasteiger partial charge >= 0.3 is 0 Å². The van der Waals surface area contributed by atoms with Crippen LogP contribution in [0, 0.1) is 6.92 Å². The van der Waals surface area contributed by atoms with Crippen molar-refractivity contribution in [1.82, 2.24) is 20.6 Å². The molecule has 0 saturated heterocycles. The van der Waals surface area contributed by atoms with Crippen molar-refractivity contribution in [3.63, 3.8) is 0 Å². The molecule has 0 bridgehead atoms. The molecule has 1 aliphatic carbocycles. The number of hydrogen-bond donors (Lipinski definition) is 3. The molecule has 26 heavy (non-hydrogen) atoms. The number of allylic oxidation sites excluding steroid dienone is 4. The summed E-state index contributed by atoms with van der Waals surface area (Å²) in [5.74, 6) is 0.867. The lowest BCUT2D eigenvalue weighted by molar-refractivity contribution is 0.602. The van der Waals surface area contributed by atoms with Gasteiger partial charge in [0.1, 0.15) is 5.82 Å². The second-order valence-corrected chi connectivity index (χ2v) is 6.38. The van der Waals surface area contributed by atoms with E-state index in [0.29, 0.717) is 0 Å². The van der Waals surface area contributed by atoms with E-state index in [1.54, 1.807) is 0 Å². The molecule has 2 aromatic rings. The van der Waals surface area contributed by atoms with Gasteiger partial charge in [-0.1, -0.05) is 49.1 Å². The zero-order chi connectivity index (χ0) is 18.5. The molecule has 0 aliphatic heterocycles. The minimum absolute atomic E-state index is 0.234. The van der Waals surface area contributed by atoms with E-state index in [4.69, 9.17) is 4.98 Å². The van der Waals surface area contributed by atoms with Gasteiger partial charge in [-0.2, -0.15) is 0 Å². The van der Waals surface area contributed by atoms with E-state index in [0.717, 1.165) is 40.3 Å². The number of aromatic amines is 1. The predicted octanol–water partition coefficient (Wildman–Crippen LogP) is 4.37. The number of rotatable bonds is 4. The molecule has 1 atom stereocenters. The molecule has 1 aromatic carbocycles. The summed E-state index contributed by atoms with van der Waals surface area (Å²) in [6, 6.07) is 6.62. The molecule has 134 valence electrons. The lowest BCUT2D eigenvalue weighted by atomic mass is 9.89. The third-order valence-electron chi connectivity index (χ3n) is 4.64. The Morgan fingerprint density at radius 3 is 2.88 bits per heavy atom. The van der Waals surface area contributed by atoms with Gasteiger partial charge in [-0.15, -0.1) is 0 Å². The van der Waals surface area contributed by atoms with Crippen LogP contribution in [0.1, 0.15) is 35.0 Å². The van der Waals surface area contributed by atoms with Gasteiger partial charge in [-0.25, -0.2) is 4.98 Å². The first-order valence-electron chi connectivity index (χ1n) is 8.89. The fraction of sp³-hybridized carbons (Fsp3) is 0.227. The van der Waals surface area contributed by atoms with Crippen molar-refractivity contribution in [2.75, 3.05) is 14.1 Å². The van der Waals surface area contributed by atoms with Crippen LogP contribution in [-0.4, -0.2) is 24.1 Å². The van der Waals surface area contributed by atoms with Gasteiger partial charge in [-0.3, -0.25) is 0 Å². The molecule has 4 nitrogen and oxygen atoms in total. The van der Waals surface area contributed by atoms with Gasteiger partial charge in [0.15, 0.2) is 0 Å². The van der Waals surface area contributed by atoms with Gasteiger partial charge in [-0.05, 0) is 49.4 Å². The van der Waals surface area contributed by atoms with Crippen LogP contribution in [0.15, 0.2) is 55.3 Å². The molecule has 0 amide bonds. The molecule has 1 aromatic heterocycles. The third kappa shape index (κ3) is 3.55. The van der Waals surface area contributed by atoms with Crippen LogP contribution in [-0.2, 0) is 0 Å².